The predicted octanol–water partition coefficient (Wildman–Crippen LogP) is -0.0369. The van der Waals surface area contributed by atoms with E-state index < -0.39 is 0 Å². The molecule has 1 heterocycles. The summed E-state index contributed by atoms with van der Waals surface area (Å²) < 4.78 is 4.80. The van der Waals surface area contributed by atoms with Gasteiger partial charge in [-0.2, -0.15) is 0 Å². The summed E-state index contributed by atoms with van der Waals surface area (Å²) >= 11 is 0. The van der Waals surface area contributed by atoms with Crippen molar-refractivity contribution >= 4 is 0 Å². The maximum Gasteiger partial charge on any atom is 0.222 e. The number of rotatable bonds is 0. The summed E-state index contributed by atoms with van der Waals surface area (Å²) in [5.74, 6) is 0.472. The molecule has 0 amide bonds. The van der Waals surface area contributed by atoms with Gasteiger partial charge in [-0.3, -0.25) is 0 Å². The standard InChI is InChI=1S/C4H7NO2/c6-3-4-5-1-2-7-4/h3,5-6H,1-2H2/b4-3-. The quantitative estimate of drug-likeness (QED) is 0.421. The maximum atomic E-state index is 8.22. The zero-order valence-corrected chi connectivity index (χ0v) is 3.85. The van der Waals surface area contributed by atoms with Gasteiger partial charge in [-0.15, -0.1) is 0 Å². The first-order valence-corrected chi connectivity index (χ1v) is 2.14. The van der Waals surface area contributed by atoms with Gasteiger partial charge in [0.25, 0.3) is 0 Å². The Hall–Kier alpha value is -0.860. The Bertz CT molecular complexity index is 81.7. The van der Waals surface area contributed by atoms with Gasteiger partial charge < -0.3 is 15.2 Å². The Kier molecular flexibility index (Phi) is 1.06. The van der Waals surface area contributed by atoms with Crippen LogP contribution in [0.2, 0.25) is 0 Å². The van der Waals surface area contributed by atoms with Crippen LogP contribution < -0.4 is 5.32 Å². The van der Waals surface area contributed by atoms with E-state index in [1.165, 1.54) is 0 Å². The van der Waals surface area contributed by atoms with E-state index in [1.54, 1.807) is 0 Å². The van der Waals surface area contributed by atoms with Gasteiger partial charge in [-0.25, -0.2) is 0 Å². The minimum Gasteiger partial charge on any atom is -0.510 e. The van der Waals surface area contributed by atoms with E-state index in [0.717, 1.165) is 12.8 Å². The van der Waals surface area contributed by atoms with E-state index in [1.807, 2.05) is 0 Å². The smallest absolute Gasteiger partial charge is 0.222 e. The number of aliphatic hydroxyl groups excluding tert-OH is 1. The molecule has 0 aromatic carbocycles. The molecule has 1 rings (SSSR count). The molecular weight excluding hydrogens is 94.0 g/mol. The molecule has 1 saturated heterocycles. The van der Waals surface area contributed by atoms with Crippen molar-refractivity contribution in [2.45, 2.75) is 0 Å². The second kappa shape index (κ2) is 1.73. The fourth-order valence-electron chi connectivity index (χ4n) is 0.469. The average Bonchev–Trinajstić information content (AvgIpc) is 2.14. The predicted molar refractivity (Wildman–Crippen MR) is 24.7 cm³/mol. The molecule has 0 unspecified atom stereocenters. The molecule has 40 valence electrons. The second-order valence-corrected chi connectivity index (χ2v) is 1.27. The molecule has 0 aromatic heterocycles. The molecule has 1 fully saturated rings. The average molecular weight is 101 g/mol. The Balaban J connectivity index is 2.41. The first-order valence-electron chi connectivity index (χ1n) is 2.14. The zero-order chi connectivity index (χ0) is 5.11. The number of nitrogens with one attached hydrogen (secondary N) is 1. The van der Waals surface area contributed by atoms with E-state index in [2.05, 4.69) is 5.32 Å². The van der Waals surface area contributed by atoms with Crippen molar-refractivity contribution in [1.29, 1.82) is 0 Å². The van der Waals surface area contributed by atoms with Gasteiger partial charge in [0.05, 0.1) is 6.54 Å². The summed E-state index contributed by atoms with van der Waals surface area (Å²) in [7, 11) is 0. The third-order valence-corrected chi connectivity index (χ3v) is 0.776. The number of aliphatic hydroxyl groups is 1. The Morgan fingerprint density at radius 3 is 3.00 bits per heavy atom. The molecule has 0 radical (unpaired) electrons. The van der Waals surface area contributed by atoms with Gasteiger partial charge in [-0.1, -0.05) is 0 Å². The second-order valence-electron chi connectivity index (χ2n) is 1.27. The van der Waals surface area contributed by atoms with Crippen LogP contribution in [-0.2, 0) is 4.74 Å². The van der Waals surface area contributed by atoms with E-state index in [4.69, 9.17) is 9.84 Å². The highest BCUT2D eigenvalue weighted by atomic mass is 16.5. The molecular formula is C4H7NO2. The molecule has 0 aliphatic carbocycles. The van der Waals surface area contributed by atoms with Crippen molar-refractivity contribution in [2.75, 3.05) is 13.2 Å². The summed E-state index contributed by atoms with van der Waals surface area (Å²) in [4.78, 5) is 0. The van der Waals surface area contributed by atoms with Gasteiger partial charge in [-0.05, 0) is 0 Å². The Labute approximate surface area is 41.6 Å². The van der Waals surface area contributed by atoms with Crippen molar-refractivity contribution in [3.05, 3.63) is 12.1 Å². The van der Waals surface area contributed by atoms with Crippen LogP contribution >= 0.6 is 0 Å². The topological polar surface area (TPSA) is 41.5 Å². The largest absolute Gasteiger partial charge is 0.510 e. The fraction of sp³-hybridized carbons (Fsp3) is 0.500. The van der Waals surface area contributed by atoms with E-state index in [9.17, 15) is 0 Å². The summed E-state index contributed by atoms with van der Waals surface area (Å²) in [6.45, 7) is 1.46. The lowest BCUT2D eigenvalue weighted by Gasteiger charge is -1.90. The summed E-state index contributed by atoms with van der Waals surface area (Å²) in [6.07, 6.45) is 0.924. The highest BCUT2D eigenvalue weighted by Gasteiger charge is 2.02. The number of hydrogen-bond acceptors (Lipinski definition) is 3. The molecule has 0 saturated carbocycles. The summed E-state index contributed by atoms with van der Waals surface area (Å²) in [6, 6.07) is 0. The first kappa shape index (κ1) is 4.30. The van der Waals surface area contributed by atoms with Crippen LogP contribution in [0.5, 0.6) is 0 Å². The molecule has 1 aliphatic rings. The van der Waals surface area contributed by atoms with Crippen LogP contribution in [0.1, 0.15) is 0 Å². The Morgan fingerprint density at radius 2 is 2.71 bits per heavy atom. The lowest BCUT2D eigenvalue weighted by molar-refractivity contribution is 0.249. The molecule has 0 bridgehead atoms. The molecule has 0 atom stereocenters. The minimum absolute atomic E-state index is 0.472. The number of ether oxygens (including phenoxy) is 1. The molecule has 3 nitrogen and oxygen atoms in total. The van der Waals surface area contributed by atoms with E-state index >= 15 is 0 Å². The van der Waals surface area contributed by atoms with Crippen molar-refractivity contribution in [1.82, 2.24) is 5.32 Å². The SMILES string of the molecule is O/C=C1/NCCO1. The third kappa shape index (κ3) is 0.765. The normalized spacial score (nSPS) is 24.3. The van der Waals surface area contributed by atoms with E-state index in [-0.39, 0.29) is 0 Å². The maximum absolute atomic E-state index is 8.22. The van der Waals surface area contributed by atoms with Crippen LogP contribution in [0.4, 0.5) is 0 Å². The summed E-state index contributed by atoms with van der Waals surface area (Å²) in [5.41, 5.74) is 0. The lowest BCUT2D eigenvalue weighted by Crippen LogP contribution is -2.03. The van der Waals surface area contributed by atoms with Gasteiger partial charge in [0.15, 0.2) is 0 Å². The van der Waals surface area contributed by atoms with Crippen LogP contribution in [0.3, 0.4) is 0 Å². The van der Waals surface area contributed by atoms with Crippen molar-refractivity contribution in [3.63, 3.8) is 0 Å². The number of hydrogen-bond donors (Lipinski definition) is 2. The third-order valence-electron chi connectivity index (χ3n) is 0.776. The highest BCUT2D eigenvalue weighted by molar-refractivity contribution is 4.87. The van der Waals surface area contributed by atoms with Crippen molar-refractivity contribution in [3.8, 4) is 0 Å². The van der Waals surface area contributed by atoms with Gasteiger partial charge in [0, 0.05) is 0 Å². The molecule has 2 N–H and O–H groups in total. The van der Waals surface area contributed by atoms with Crippen molar-refractivity contribution < 1.29 is 9.84 Å². The van der Waals surface area contributed by atoms with E-state index in [0.29, 0.717) is 12.5 Å². The Morgan fingerprint density at radius 1 is 1.86 bits per heavy atom. The van der Waals surface area contributed by atoms with Crippen LogP contribution in [0.15, 0.2) is 12.1 Å². The summed E-state index contributed by atoms with van der Waals surface area (Å²) in [5, 5.41) is 11.0. The van der Waals surface area contributed by atoms with Gasteiger partial charge in [0.1, 0.15) is 12.9 Å². The zero-order valence-electron chi connectivity index (χ0n) is 3.85. The van der Waals surface area contributed by atoms with Gasteiger partial charge >= 0.3 is 0 Å². The minimum atomic E-state index is 0.472. The highest BCUT2D eigenvalue weighted by Crippen LogP contribution is 1.95. The van der Waals surface area contributed by atoms with Crippen LogP contribution in [-0.4, -0.2) is 18.3 Å². The van der Waals surface area contributed by atoms with Crippen LogP contribution in [0.25, 0.3) is 0 Å². The van der Waals surface area contributed by atoms with Crippen molar-refractivity contribution in [2.24, 2.45) is 0 Å². The first-order chi connectivity index (χ1) is 3.43. The molecule has 7 heavy (non-hydrogen) atoms. The van der Waals surface area contributed by atoms with Gasteiger partial charge in [0.2, 0.25) is 5.88 Å². The fourth-order valence-corrected chi connectivity index (χ4v) is 0.469. The molecule has 0 aromatic rings. The molecule has 3 heteroatoms. The monoisotopic (exact) mass is 101 g/mol. The van der Waals surface area contributed by atoms with Crippen LogP contribution in [0, 0.1) is 0 Å². The lowest BCUT2D eigenvalue weighted by atomic mass is 10.7. The molecule has 0 spiro atoms. The molecule has 1 aliphatic heterocycles.